The first-order chi connectivity index (χ1) is 14.2. The van der Waals surface area contributed by atoms with Crippen molar-refractivity contribution in [2.24, 2.45) is 0 Å². The predicted octanol–water partition coefficient (Wildman–Crippen LogP) is 4.42. The van der Waals surface area contributed by atoms with E-state index in [4.69, 9.17) is 4.74 Å². The van der Waals surface area contributed by atoms with E-state index < -0.39 is 0 Å². The second-order valence-corrected chi connectivity index (χ2v) is 6.18. The lowest BCUT2D eigenvalue weighted by Crippen LogP contribution is -2.15. The zero-order chi connectivity index (χ0) is 20.1. The van der Waals surface area contributed by atoms with Crippen LogP contribution in [0, 0.1) is 0 Å². The largest absolute Gasteiger partial charge is 0.492 e. The second kappa shape index (κ2) is 8.35. The smallest absolute Gasteiger partial charge is 0.275 e. The van der Waals surface area contributed by atoms with Gasteiger partial charge in [-0.15, -0.1) is 0 Å². The normalized spacial score (nSPS) is 10.5. The van der Waals surface area contributed by atoms with Crippen LogP contribution in [0.2, 0.25) is 0 Å². The van der Waals surface area contributed by atoms with E-state index in [0.717, 1.165) is 16.6 Å². The van der Waals surface area contributed by atoms with E-state index in [1.165, 1.54) is 12.4 Å². The summed E-state index contributed by atoms with van der Waals surface area (Å²) in [6.07, 6.45) is 4.69. The van der Waals surface area contributed by atoms with Crippen LogP contribution in [-0.4, -0.2) is 27.5 Å². The van der Waals surface area contributed by atoms with Crippen molar-refractivity contribution >= 4 is 34.0 Å². The standard InChI is InChI=1S/C22H19N5O2/c1-2-29-19-11-4-3-9-16(19)27-22(28)18-13-25-20(14-24-18)26-17-10-5-7-15-8-6-12-23-21(15)17/h3-14H,2H2,1H3,(H,25,26)(H,27,28). The molecule has 144 valence electrons. The number of nitrogens with zero attached hydrogens (tertiary/aromatic N) is 3. The number of nitrogens with one attached hydrogen (secondary N) is 2. The number of benzene rings is 2. The summed E-state index contributed by atoms with van der Waals surface area (Å²) in [5, 5.41) is 7.03. The summed E-state index contributed by atoms with van der Waals surface area (Å²) < 4.78 is 5.53. The van der Waals surface area contributed by atoms with Crippen molar-refractivity contribution in [3.8, 4) is 5.75 Å². The maximum atomic E-state index is 12.5. The summed E-state index contributed by atoms with van der Waals surface area (Å²) in [5.41, 5.74) is 2.45. The molecule has 0 atom stereocenters. The van der Waals surface area contributed by atoms with Crippen molar-refractivity contribution < 1.29 is 9.53 Å². The van der Waals surface area contributed by atoms with Crippen LogP contribution in [0.25, 0.3) is 10.9 Å². The van der Waals surface area contributed by atoms with E-state index in [2.05, 4.69) is 25.6 Å². The summed E-state index contributed by atoms with van der Waals surface area (Å²) in [5.74, 6) is 0.774. The molecule has 0 aliphatic rings. The van der Waals surface area contributed by atoms with Crippen molar-refractivity contribution in [1.29, 1.82) is 0 Å². The second-order valence-electron chi connectivity index (χ2n) is 6.18. The fourth-order valence-electron chi connectivity index (χ4n) is 2.89. The molecule has 2 aromatic heterocycles. The summed E-state index contributed by atoms with van der Waals surface area (Å²) in [6.45, 7) is 2.40. The fourth-order valence-corrected chi connectivity index (χ4v) is 2.89. The van der Waals surface area contributed by atoms with Gasteiger partial charge in [-0.25, -0.2) is 9.97 Å². The van der Waals surface area contributed by atoms with Gasteiger partial charge in [-0.3, -0.25) is 9.78 Å². The predicted molar refractivity (Wildman–Crippen MR) is 113 cm³/mol. The number of pyridine rings is 1. The zero-order valence-electron chi connectivity index (χ0n) is 15.8. The Labute approximate surface area is 167 Å². The van der Waals surface area contributed by atoms with Gasteiger partial charge in [0.15, 0.2) is 0 Å². The van der Waals surface area contributed by atoms with Gasteiger partial charge >= 0.3 is 0 Å². The van der Waals surface area contributed by atoms with Crippen molar-refractivity contribution in [3.05, 3.63) is 78.9 Å². The lowest BCUT2D eigenvalue weighted by Gasteiger charge is -2.11. The van der Waals surface area contributed by atoms with Gasteiger partial charge in [0.2, 0.25) is 0 Å². The molecule has 0 saturated carbocycles. The number of amides is 1. The van der Waals surface area contributed by atoms with Crippen LogP contribution in [0.3, 0.4) is 0 Å². The number of rotatable bonds is 6. The molecular formula is C22H19N5O2. The third kappa shape index (κ3) is 4.14. The van der Waals surface area contributed by atoms with Crippen molar-refractivity contribution in [3.63, 3.8) is 0 Å². The number of anilines is 3. The van der Waals surface area contributed by atoms with Gasteiger partial charge in [-0.2, -0.15) is 0 Å². The van der Waals surface area contributed by atoms with Gasteiger partial charge < -0.3 is 15.4 Å². The van der Waals surface area contributed by atoms with Gasteiger partial charge in [0.05, 0.1) is 35.9 Å². The molecule has 2 N–H and O–H groups in total. The molecule has 2 aromatic carbocycles. The Hall–Kier alpha value is -4.00. The Kier molecular flexibility index (Phi) is 5.29. The van der Waals surface area contributed by atoms with Gasteiger partial charge in [0, 0.05) is 11.6 Å². The maximum Gasteiger partial charge on any atom is 0.275 e. The molecule has 4 aromatic rings. The highest BCUT2D eigenvalue weighted by Gasteiger charge is 2.12. The number of carbonyl (C=O) groups is 1. The van der Waals surface area contributed by atoms with E-state index in [1.807, 2.05) is 49.4 Å². The highest BCUT2D eigenvalue weighted by Crippen LogP contribution is 2.25. The summed E-state index contributed by atoms with van der Waals surface area (Å²) in [7, 11) is 0. The SMILES string of the molecule is CCOc1ccccc1NC(=O)c1cnc(Nc2cccc3cccnc23)cn1. The molecule has 0 unspecified atom stereocenters. The minimum absolute atomic E-state index is 0.206. The number of hydrogen-bond donors (Lipinski definition) is 2. The quantitative estimate of drug-likeness (QED) is 0.511. The van der Waals surface area contributed by atoms with Crippen LogP contribution in [0.5, 0.6) is 5.75 Å². The Bertz CT molecular complexity index is 1140. The highest BCUT2D eigenvalue weighted by atomic mass is 16.5. The minimum atomic E-state index is -0.358. The Balaban J connectivity index is 1.50. The molecule has 0 saturated heterocycles. The van der Waals surface area contributed by atoms with Crippen LogP contribution in [-0.2, 0) is 0 Å². The summed E-state index contributed by atoms with van der Waals surface area (Å²) in [6, 6.07) is 17.0. The lowest BCUT2D eigenvalue weighted by atomic mass is 10.2. The molecule has 0 aliphatic heterocycles. The number of fused-ring (bicyclic) bond motifs is 1. The lowest BCUT2D eigenvalue weighted by molar-refractivity contribution is 0.102. The molecule has 0 bridgehead atoms. The molecular weight excluding hydrogens is 366 g/mol. The highest BCUT2D eigenvalue weighted by molar-refractivity contribution is 6.03. The van der Waals surface area contributed by atoms with E-state index >= 15 is 0 Å². The third-order valence-electron chi connectivity index (χ3n) is 4.22. The monoisotopic (exact) mass is 385 g/mol. The van der Waals surface area contributed by atoms with Gasteiger partial charge in [-0.05, 0) is 31.2 Å². The average Bonchev–Trinajstić information content (AvgIpc) is 2.76. The van der Waals surface area contributed by atoms with E-state index in [9.17, 15) is 4.79 Å². The minimum Gasteiger partial charge on any atom is -0.492 e. The van der Waals surface area contributed by atoms with Gasteiger partial charge in [0.25, 0.3) is 5.91 Å². The molecule has 4 rings (SSSR count). The average molecular weight is 385 g/mol. The Morgan fingerprint density at radius 3 is 2.59 bits per heavy atom. The van der Waals surface area contributed by atoms with E-state index in [1.54, 1.807) is 18.3 Å². The third-order valence-corrected chi connectivity index (χ3v) is 4.22. The molecule has 2 heterocycles. The van der Waals surface area contributed by atoms with Crippen LogP contribution in [0.4, 0.5) is 17.2 Å². The number of ether oxygens (including phenoxy) is 1. The molecule has 29 heavy (non-hydrogen) atoms. The van der Waals surface area contributed by atoms with Gasteiger partial charge in [0.1, 0.15) is 17.3 Å². The number of hydrogen-bond acceptors (Lipinski definition) is 6. The molecule has 0 radical (unpaired) electrons. The molecule has 1 amide bonds. The molecule has 7 nitrogen and oxygen atoms in total. The molecule has 0 aliphatic carbocycles. The van der Waals surface area contributed by atoms with E-state index in [0.29, 0.717) is 23.9 Å². The van der Waals surface area contributed by atoms with E-state index in [-0.39, 0.29) is 11.6 Å². The molecule has 7 heteroatoms. The number of para-hydroxylation sites is 3. The van der Waals surface area contributed by atoms with Crippen LogP contribution < -0.4 is 15.4 Å². The first-order valence-corrected chi connectivity index (χ1v) is 9.20. The topological polar surface area (TPSA) is 89.0 Å². The van der Waals surface area contributed by atoms with Crippen LogP contribution in [0.15, 0.2) is 73.2 Å². The summed E-state index contributed by atoms with van der Waals surface area (Å²) in [4.78, 5) is 25.5. The molecule has 0 fully saturated rings. The number of aromatic nitrogens is 3. The van der Waals surface area contributed by atoms with Crippen LogP contribution >= 0.6 is 0 Å². The van der Waals surface area contributed by atoms with Crippen molar-refractivity contribution in [1.82, 2.24) is 15.0 Å². The first kappa shape index (κ1) is 18.4. The first-order valence-electron chi connectivity index (χ1n) is 9.20. The number of carbonyl (C=O) groups excluding carboxylic acids is 1. The molecule has 0 spiro atoms. The van der Waals surface area contributed by atoms with Crippen molar-refractivity contribution in [2.45, 2.75) is 6.92 Å². The van der Waals surface area contributed by atoms with Gasteiger partial charge in [-0.1, -0.05) is 30.3 Å². The summed E-state index contributed by atoms with van der Waals surface area (Å²) >= 11 is 0. The maximum absolute atomic E-state index is 12.5. The fraction of sp³-hybridized carbons (Fsp3) is 0.0909. The Morgan fingerprint density at radius 1 is 0.931 bits per heavy atom. The van der Waals surface area contributed by atoms with Crippen molar-refractivity contribution in [2.75, 3.05) is 17.2 Å². The van der Waals surface area contributed by atoms with Crippen LogP contribution in [0.1, 0.15) is 17.4 Å². The Morgan fingerprint density at radius 2 is 1.76 bits per heavy atom. The zero-order valence-corrected chi connectivity index (χ0v) is 15.8.